The molecule has 0 spiro atoms. The fourth-order valence-corrected chi connectivity index (χ4v) is 4.23. The van der Waals surface area contributed by atoms with Gasteiger partial charge < -0.3 is 24.7 Å². The Hall–Kier alpha value is -3.48. The number of para-hydroxylation sites is 1. The van der Waals surface area contributed by atoms with Gasteiger partial charge in [0, 0.05) is 36.1 Å². The Kier molecular flexibility index (Phi) is 5.59. The molecule has 1 aliphatic rings. The van der Waals surface area contributed by atoms with E-state index < -0.39 is 5.54 Å². The smallest absolute Gasteiger partial charge is 0.250 e. The monoisotopic (exact) mass is 421 g/mol. The Labute approximate surface area is 181 Å². The van der Waals surface area contributed by atoms with Gasteiger partial charge in [-0.15, -0.1) is 0 Å². The molecule has 0 saturated carbocycles. The van der Waals surface area contributed by atoms with Crippen molar-refractivity contribution in [2.75, 3.05) is 26.1 Å². The summed E-state index contributed by atoms with van der Waals surface area (Å²) in [6, 6.07) is 13.3. The van der Waals surface area contributed by atoms with Crippen molar-refractivity contribution in [2.45, 2.75) is 31.7 Å². The minimum Gasteiger partial charge on any atom is -0.497 e. The van der Waals surface area contributed by atoms with Crippen molar-refractivity contribution in [3.05, 3.63) is 54.2 Å². The lowest BCUT2D eigenvalue weighted by atomic mass is 9.96. The molecule has 4 rings (SSSR count). The summed E-state index contributed by atoms with van der Waals surface area (Å²) in [6.07, 6.45) is 3.48. The zero-order valence-corrected chi connectivity index (χ0v) is 18.0. The molecular weight excluding hydrogens is 394 g/mol. The van der Waals surface area contributed by atoms with E-state index in [1.165, 1.54) is 0 Å². The van der Waals surface area contributed by atoms with Gasteiger partial charge in [0.05, 0.1) is 19.9 Å². The fraction of sp³-hybridized carbons (Fsp3) is 0.333. The van der Waals surface area contributed by atoms with E-state index in [0.29, 0.717) is 43.0 Å². The topological polar surface area (TPSA) is 83.7 Å². The van der Waals surface area contributed by atoms with Gasteiger partial charge in [0.2, 0.25) is 11.8 Å². The maximum absolute atomic E-state index is 13.3. The molecule has 7 heteroatoms. The van der Waals surface area contributed by atoms with E-state index in [4.69, 9.17) is 9.47 Å². The quantitative estimate of drug-likeness (QED) is 0.609. The van der Waals surface area contributed by atoms with Crippen LogP contribution in [-0.2, 0) is 16.0 Å². The van der Waals surface area contributed by atoms with Gasteiger partial charge in [-0.3, -0.25) is 9.59 Å². The number of hydrogen-bond acceptors (Lipinski definition) is 4. The van der Waals surface area contributed by atoms with Gasteiger partial charge in [0.15, 0.2) is 0 Å². The van der Waals surface area contributed by atoms with Crippen molar-refractivity contribution < 1.29 is 19.1 Å². The predicted molar refractivity (Wildman–Crippen MR) is 120 cm³/mol. The average Bonchev–Trinajstić information content (AvgIpc) is 3.33. The highest BCUT2D eigenvalue weighted by Gasteiger charge is 2.47. The number of amides is 2. The minimum atomic E-state index is -0.922. The van der Waals surface area contributed by atoms with E-state index in [-0.39, 0.29) is 11.8 Å². The molecule has 2 N–H and O–H groups in total. The summed E-state index contributed by atoms with van der Waals surface area (Å²) in [6.45, 7) is 2.31. The second-order valence-corrected chi connectivity index (χ2v) is 7.95. The Bertz CT molecular complexity index is 1120. The summed E-state index contributed by atoms with van der Waals surface area (Å²) < 4.78 is 10.6. The van der Waals surface area contributed by atoms with Gasteiger partial charge in [-0.1, -0.05) is 18.2 Å². The molecule has 2 amide bonds. The molecular formula is C24H27N3O4. The van der Waals surface area contributed by atoms with Crippen molar-refractivity contribution in [3.8, 4) is 11.5 Å². The second kappa shape index (κ2) is 8.34. The lowest BCUT2D eigenvalue weighted by molar-refractivity contribution is -0.137. The molecule has 0 bridgehead atoms. The largest absolute Gasteiger partial charge is 0.497 e. The van der Waals surface area contributed by atoms with Crippen LogP contribution in [0.15, 0.2) is 48.7 Å². The van der Waals surface area contributed by atoms with Gasteiger partial charge in [-0.25, -0.2) is 0 Å². The van der Waals surface area contributed by atoms with Crippen LogP contribution < -0.4 is 14.8 Å². The molecule has 162 valence electrons. The van der Waals surface area contributed by atoms with Crippen molar-refractivity contribution in [1.82, 2.24) is 9.88 Å². The molecule has 7 nitrogen and oxygen atoms in total. The van der Waals surface area contributed by atoms with Crippen molar-refractivity contribution in [2.24, 2.45) is 0 Å². The summed E-state index contributed by atoms with van der Waals surface area (Å²) in [4.78, 5) is 30.9. The Balaban J connectivity index is 1.52. The zero-order chi connectivity index (χ0) is 22.0. The third-order valence-corrected chi connectivity index (χ3v) is 6.15. The first-order valence-corrected chi connectivity index (χ1v) is 10.3. The Morgan fingerprint density at radius 1 is 1.19 bits per heavy atom. The number of likely N-dealkylation sites (tertiary alicyclic amines) is 1. The second-order valence-electron chi connectivity index (χ2n) is 7.95. The molecule has 1 aromatic heterocycles. The van der Waals surface area contributed by atoms with Gasteiger partial charge >= 0.3 is 0 Å². The van der Waals surface area contributed by atoms with Gasteiger partial charge in [0.25, 0.3) is 0 Å². The van der Waals surface area contributed by atoms with Crippen LogP contribution in [0.2, 0.25) is 0 Å². The number of rotatable bonds is 7. The number of hydrogen-bond donors (Lipinski definition) is 2. The van der Waals surface area contributed by atoms with E-state index in [0.717, 1.165) is 16.5 Å². The van der Waals surface area contributed by atoms with Crippen LogP contribution in [0.5, 0.6) is 11.5 Å². The molecule has 31 heavy (non-hydrogen) atoms. The number of nitrogens with zero attached hydrogens (tertiary/aromatic N) is 1. The fourth-order valence-electron chi connectivity index (χ4n) is 4.23. The Morgan fingerprint density at radius 2 is 2.00 bits per heavy atom. The number of benzene rings is 2. The molecule has 1 atom stereocenters. The first kappa shape index (κ1) is 20.8. The highest BCUT2D eigenvalue weighted by atomic mass is 16.5. The highest BCUT2D eigenvalue weighted by molar-refractivity contribution is 6.03. The van der Waals surface area contributed by atoms with Crippen LogP contribution in [0.4, 0.5) is 5.69 Å². The summed E-state index contributed by atoms with van der Waals surface area (Å²) in [5, 5.41) is 4.09. The number of anilines is 1. The lowest BCUT2D eigenvalue weighted by Crippen LogP contribution is -2.52. The number of aromatic nitrogens is 1. The number of aromatic amines is 1. The summed E-state index contributed by atoms with van der Waals surface area (Å²) >= 11 is 0. The number of nitrogens with one attached hydrogen (secondary N) is 2. The van der Waals surface area contributed by atoms with Crippen LogP contribution in [0.25, 0.3) is 10.9 Å². The standard InChI is InChI=1S/C24H27N3O4/c1-24(23(29)26-20-9-8-17(30-2)14-21(20)31-3)12-10-22(28)27(24)13-11-16-15-25-19-7-5-4-6-18(16)19/h4-9,14-15,25H,10-13H2,1-3H3,(H,26,29)/t24-/m0/s1. The molecule has 1 fully saturated rings. The van der Waals surface area contributed by atoms with Crippen LogP contribution in [-0.4, -0.2) is 48.0 Å². The molecule has 2 aromatic carbocycles. The van der Waals surface area contributed by atoms with Crippen molar-refractivity contribution in [3.63, 3.8) is 0 Å². The van der Waals surface area contributed by atoms with Crippen LogP contribution >= 0.6 is 0 Å². The number of methoxy groups -OCH3 is 2. The predicted octanol–water partition coefficient (Wildman–Crippen LogP) is 3.75. The van der Waals surface area contributed by atoms with Crippen LogP contribution in [0, 0.1) is 0 Å². The number of carbonyl (C=O) groups excluding carboxylic acids is 2. The summed E-state index contributed by atoms with van der Waals surface area (Å²) in [5.74, 6) is 0.920. The molecule has 2 heterocycles. The number of ether oxygens (including phenoxy) is 2. The van der Waals surface area contributed by atoms with Crippen molar-refractivity contribution >= 4 is 28.4 Å². The number of carbonyl (C=O) groups is 2. The minimum absolute atomic E-state index is 0.000753. The van der Waals surface area contributed by atoms with Crippen LogP contribution in [0.1, 0.15) is 25.3 Å². The molecule has 0 radical (unpaired) electrons. The maximum atomic E-state index is 13.3. The van der Waals surface area contributed by atoms with Gasteiger partial charge in [-0.2, -0.15) is 0 Å². The first-order chi connectivity index (χ1) is 15.0. The highest BCUT2D eigenvalue weighted by Crippen LogP contribution is 2.34. The summed E-state index contributed by atoms with van der Waals surface area (Å²) in [5.41, 5.74) is 1.83. The van der Waals surface area contributed by atoms with Crippen LogP contribution in [0.3, 0.4) is 0 Å². The Morgan fingerprint density at radius 3 is 2.77 bits per heavy atom. The number of H-pyrrole nitrogens is 1. The third-order valence-electron chi connectivity index (χ3n) is 6.15. The average molecular weight is 421 g/mol. The third kappa shape index (κ3) is 3.83. The molecule has 0 aliphatic carbocycles. The molecule has 1 aliphatic heterocycles. The summed E-state index contributed by atoms with van der Waals surface area (Å²) in [7, 11) is 3.11. The SMILES string of the molecule is COc1ccc(NC(=O)[C@]2(C)CCC(=O)N2CCc2c[nH]c3ccccc23)c(OC)c1. The zero-order valence-electron chi connectivity index (χ0n) is 18.0. The lowest BCUT2D eigenvalue weighted by Gasteiger charge is -2.34. The molecule has 0 unspecified atom stereocenters. The van der Waals surface area contributed by atoms with E-state index in [9.17, 15) is 9.59 Å². The maximum Gasteiger partial charge on any atom is 0.250 e. The molecule has 1 saturated heterocycles. The van der Waals surface area contributed by atoms with E-state index >= 15 is 0 Å². The molecule has 3 aromatic rings. The van der Waals surface area contributed by atoms with Gasteiger partial charge in [0.1, 0.15) is 17.0 Å². The van der Waals surface area contributed by atoms with Crippen molar-refractivity contribution in [1.29, 1.82) is 0 Å². The number of fused-ring (bicyclic) bond motifs is 1. The normalized spacial score (nSPS) is 18.4. The van der Waals surface area contributed by atoms with E-state index in [1.54, 1.807) is 37.3 Å². The van der Waals surface area contributed by atoms with E-state index in [2.05, 4.69) is 16.4 Å². The van der Waals surface area contributed by atoms with E-state index in [1.807, 2.05) is 31.3 Å². The first-order valence-electron chi connectivity index (χ1n) is 10.3. The van der Waals surface area contributed by atoms with Gasteiger partial charge in [-0.05, 0) is 43.5 Å².